The fourth-order valence-electron chi connectivity index (χ4n) is 1.91. The summed E-state index contributed by atoms with van der Waals surface area (Å²) in [6, 6.07) is 6.40. The predicted octanol–water partition coefficient (Wildman–Crippen LogP) is 3.65. The van der Waals surface area contributed by atoms with E-state index in [1.165, 1.54) is 12.2 Å². The van der Waals surface area contributed by atoms with Gasteiger partial charge in [0.15, 0.2) is 0 Å². The monoisotopic (exact) mass is 257 g/mol. The van der Waals surface area contributed by atoms with Crippen LogP contribution in [0.4, 0.5) is 5.69 Å². The number of thioether (sulfide) groups is 1. The number of anilines is 1. The molecule has 0 saturated carbocycles. The molecular formula is C12H16ClNOS. The minimum Gasteiger partial charge on any atom is -0.495 e. The zero-order valence-electron chi connectivity index (χ0n) is 9.50. The summed E-state index contributed by atoms with van der Waals surface area (Å²) < 4.78 is 5.12. The van der Waals surface area contributed by atoms with E-state index < -0.39 is 0 Å². The van der Waals surface area contributed by atoms with Crippen LogP contribution in [0.5, 0.6) is 5.75 Å². The maximum Gasteiger partial charge on any atom is 0.137 e. The lowest BCUT2D eigenvalue weighted by molar-refractivity contribution is 0.415. The minimum atomic E-state index is 0.560. The van der Waals surface area contributed by atoms with Gasteiger partial charge in [0.05, 0.1) is 12.1 Å². The van der Waals surface area contributed by atoms with Crippen molar-refractivity contribution in [2.45, 2.75) is 24.6 Å². The maximum atomic E-state index is 6.07. The van der Waals surface area contributed by atoms with Crippen molar-refractivity contribution in [2.24, 2.45) is 0 Å². The Hall–Kier alpha value is -0.540. The average molecular weight is 258 g/mol. The highest BCUT2D eigenvalue weighted by atomic mass is 35.5. The van der Waals surface area contributed by atoms with Gasteiger partial charge in [-0.05, 0) is 24.6 Å². The van der Waals surface area contributed by atoms with Crippen LogP contribution in [0.25, 0.3) is 0 Å². The van der Waals surface area contributed by atoms with Gasteiger partial charge < -0.3 is 10.1 Å². The Morgan fingerprint density at radius 3 is 2.88 bits per heavy atom. The second kappa shape index (κ2) is 5.19. The molecule has 0 radical (unpaired) electrons. The molecule has 1 N–H and O–H groups in total. The molecule has 88 valence electrons. The van der Waals surface area contributed by atoms with E-state index in [1.54, 1.807) is 7.11 Å². The molecular weight excluding hydrogens is 242 g/mol. The first-order valence-corrected chi connectivity index (χ1v) is 6.83. The molecule has 0 spiro atoms. The first-order valence-electron chi connectivity index (χ1n) is 5.40. The fourth-order valence-corrected chi connectivity index (χ4v) is 3.32. The molecule has 0 amide bonds. The van der Waals surface area contributed by atoms with Gasteiger partial charge in [0.1, 0.15) is 5.75 Å². The summed E-state index contributed by atoms with van der Waals surface area (Å²) in [6.45, 7) is 2.27. The normalized spacial score (nSPS) is 24.4. The summed E-state index contributed by atoms with van der Waals surface area (Å²) >= 11 is 8.09. The Bertz CT molecular complexity index is 372. The number of benzene rings is 1. The predicted molar refractivity (Wildman–Crippen MR) is 72.0 cm³/mol. The molecule has 4 heteroatoms. The van der Waals surface area contributed by atoms with E-state index in [4.69, 9.17) is 16.3 Å². The standard InChI is InChI=1S/C12H16ClNOS/c1-8-5-10(7-16-8)14-9-3-4-12(15-2)11(13)6-9/h3-4,6,8,10,14H,5,7H2,1-2H3. The molecule has 2 rings (SSSR count). The molecule has 2 atom stereocenters. The summed E-state index contributed by atoms with van der Waals surface area (Å²) in [5, 5.41) is 4.92. The molecule has 1 aromatic rings. The Morgan fingerprint density at radius 2 is 2.31 bits per heavy atom. The third-order valence-electron chi connectivity index (χ3n) is 2.72. The van der Waals surface area contributed by atoms with Crippen molar-refractivity contribution in [1.29, 1.82) is 0 Å². The maximum absolute atomic E-state index is 6.07. The van der Waals surface area contributed by atoms with E-state index in [1.807, 2.05) is 30.0 Å². The van der Waals surface area contributed by atoms with Crippen LogP contribution in [0.1, 0.15) is 13.3 Å². The van der Waals surface area contributed by atoms with Crippen LogP contribution in [0.15, 0.2) is 18.2 Å². The number of methoxy groups -OCH3 is 1. The van der Waals surface area contributed by atoms with Crippen LogP contribution in [-0.4, -0.2) is 24.2 Å². The van der Waals surface area contributed by atoms with Crippen molar-refractivity contribution in [3.8, 4) is 5.75 Å². The highest BCUT2D eigenvalue weighted by Gasteiger charge is 2.21. The van der Waals surface area contributed by atoms with E-state index in [9.17, 15) is 0 Å². The van der Waals surface area contributed by atoms with E-state index in [0.29, 0.717) is 11.1 Å². The fraction of sp³-hybridized carbons (Fsp3) is 0.500. The summed E-state index contributed by atoms with van der Waals surface area (Å²) in [6.07, 6.45) is 1.22. The third-order valence-corrected chi connectivity index (χ3v) is 4.37. The number of halogens is 1. The molecule has 0 bridgehead atoms. The van der Waals surface area contributed by atoms with Crippen molar-refractivity contribution < 1.29 is 4.74 Å². The molecule has 1 fully saturated rings. The molecule has 1 aliphatic rings. The van der Waals surface area contributed by atoms with Crippen molar-refractivity contribution >= 4 is 29.1 Å². The number of ether oxygens (including phenoxy) is 1. The smallest absolute Gasteiger partial charge is 0.137 e. The van der Waals surface area contributed by atoms with Gasteiger partial charge in [-0.1, -0.05) is 18.5 Å². The lowest BCUT2D eigenvalue weighted by Crippen LogP contribution is -2.18. The van der Waals surface area contributed by atoms with Crippen LogP contribution in [-0.2, 0) is 0 Å². The van der Waals surface area contributed by atoms with Gasteiger partial charge in [-0.3, -0.25) is 0 Å². The van der Waals surface area contributed by atoms with Gasteiger partial charge >= 0.3 is 0 Å². The summed E-state index contributed by atoms with van der Waals surface area (Å²) in [5.74, 6) is 1.89. The zero-order chi connectivity index (χ0) is 11.5. The minimum absolute atomic E-state index is 0.560. The number of hydrogen-bond donors (Lipinski definition) is 1. The second-order valence-corrected chi connectivity index (χ2v) is 5.95. The second-order valence-electron chi connectivity index (χ2n) is 4.07. The van der Waals surface area contributed by atoms with E-state index >= 15 is 0 Å². The van der Waals surface area contributed by atoms with Crippen LogP contribution in [0, 0.1) is 0 Å². The Kier molecular flexibility index (Phi) is 3.87. The Labute approximate surface area is 106 Å². The average Bonchev–Trinajstić information content (AvgIpc) is 2.64. The van der Waals surface area contributed by atoms with Crippen molar-refractivity contribution in [3.63, 3.8) is 0 Å². The van der Waals surface area contributed by atoms with E-state index in [-0.39, 0.29) is 0 Å². The quantitative estimate of drug-likeness (QED) is 0.893. The largest absolute Gasteiger partial charge is 0.495 e. The molecule has 1 aliphatic heterocycles. The summed E-state index contributed by atoms with van der Waals surface area (Å²) in [5.41, 5.74) is 1.07. The van der Waals surface area contributed by atoms with Gasteiger partial charge in [-0.15, -0.1) is 0 Å². The Balaban J connectivity index is 2.02. The molecule has 0 aliphatic carbocycles. The molecule has 16 heavy (non-hydrogen) atoms. The molecule has 2 nitrogen and oxygen atoms in total. The highest BCUT2D eigenvalue weighted by molar-refractivity contribution is 8.00. The number of rotatable bonds is 3. The van der Waals surface area contributed by atoms with E-state index in [2.05, 4.69) is 12.2 Å². The summed E-state index contributed by atoms with van der Waals surface area (Å²) in [7, 11) is 1.63. The molecule has 1 saturated heterocycles. The van der Waals surface area contributed by atoms with Gasteiger partial charge in [0, 0.05) is 22.7 Å². The third kappa shape index (κ3) is 2.77. The molecule has 1 heterocycles. The Morgan fingerprint density at radius 1 is 1.50 bits per heavy atom. The first kappa shape index (κ1) is 11.9. The van der Waals surface area contributed by atoms with E-state index in [0.717, 1.165) is 16.7 Å². The van der Waals surface area contributed by atoms with Crippen LogP contribution in [0.2, 0.25) is 5.02 Å². The highest BCUT2D eigenvalue weighted by Crippen LogP contribution is 2.31. The molecule has 2 unspecified atom stereocenters. The zero-order valence-corrected chi connectivity index (χ0v) is 11.1. The van der Waals surface area contributed by atoms with Crippen molar-refractivity contribution in [2.75, 3.05) is 18.2 Å². The number of hydrogen-bond acceptors (Lipinski definition) is 3. The first-order chi connectivity index (χ1) is 7.69. The van der Waals surface area contributed by atoms with Crippen molar-refractivity contribution in [1.82, 2.24) is 0 Å². The van der Waals surface area contributed by atoms with Crippen LogP contribution in [0.3, 0.4) is 0 Å². The molecule has 1 aromatic carbocycles. The van der Waals surface area contributed by atoms with Gasteiger partial charge in [0.25, 0.3) is 0 Å². The SMILES string of the molecule is COc1ccc(NC2CSC(C)C2)cc1Cl. The number of nitrogens with one attached hydrogen (secondary N) is 1. The van der Waals surface area contributed by atoms with Crippen molar-refractivity contribution in [3.05, 3.63) is 23.2 Å². The lowest BCUT2D eigenvalue weighted by atomic mass is 10.2. The van der Waals surface area contributed by atoms with Gasteiger partial charge in [0.2, 0.25) is 0 Å². The van der Waals surface area contributed by atoms with Gasteiger partial charge in [-0.25, -0.2) is 0 Å². The molecule has 0 aromatic heterocycles. The topological polar surface area (TPSA) is 21.3 Å². The lowest BCUT2D eigenvalue weighted by Gasteiger charge is -2.14. The summed E-state index contributed by atoms with van der Waals surface area (Å²) in [4.78, 5) is 0. The van der Waals surface area contributed by atoms with Crippen LogP contribution < -0.4 is 10.1 Å². The van der Waals surface area contributed by atoms with Gasteiger partial charge in [-0.2, -0.15) is 11.8 Å². The van der Waals surface area contributed by atoms with Crippen LogP contribution >= 0.6 is 23.4 Å².